The molecule has 132 valence electrons. The summed E-state index contributed by atoms with van der Waals surface area (Å²) in [5.74, 6) is -1.02. The molecule has 1 aromatic heterocycles. The lowest BCUT2D eigenvalue weighted by Crippen LogP contribution is -2.09. The normalized spacial score (nSPS) is 10.6. The van der Waals surface area contributed by atoms with Crippen molar-refractivity contribution >= 4 is 34.0 Å². The molecule has 0 aliphatic heterocycles. The Kier molecular flexibility index (Phi) is 4.93. The van der Waals surface area contributed by atoms with Crippen LogP contribution in [0.1, 0.15) is 34.6 Å². The molecule has 0 aliphatic carbocycles. The number of benzene rings is 2. The average Bonchev–Trinajstić information content (AvgIpc) is 2.62. The van der Waals surface area contributed by atoms with Crippen molar-refractivity contribution in [3.05, 3.63) is 65.6 Å². The summed E-state index contributed by atoms with van der Waals surface area (Å²) < 4.78 is 18.8. The molecule has 0 fully saturated rings. The lowest BCUT2D eigenvalue weighted by Gasteiger charge is -2.14. The number of ketones is 1. The van der Waals surface area contributed by atoms with E-state index in [1.807, 2.05) is 0 Å². The van der Waals surface area contributed by atoms with Gasteiger partial charge >= 0.3 is 5.97 Å². The Morgan fingerprint density at radius 1 is 1.15 bits per heavy atom. The van der Waals surface area contributed by atoms with Gasteiger partial charge in [-0.25, -0.2) is 9.18 Å². The highest BCUT2D eigenvalue weighted by Crippen LogP contribution is 2.30. The monoisotopic (exact) mass is 352 g/mol. The molecule has 3 aromatic rings. The molecule has 3 rings (SSSR count). The molecule has 6 heteroatoms. The van der Waals surface area contributed by atoms with Crippen molar-refractivity contribution in [2.75, 3.05) is 11.9 Å². The van der Waals surface area contributed by atoms with Gasteiger partial charge in [0.1, 0.15) is 11.4 Å². The average molecular weight is 352 g/mol. The number of nitrogens with zero attached hydrogens (tertiary/aromatic N) is 1. The standard InChI is InChI=1S/C20H17FN2O3/c1-3-26-20(25)17-11-22-18-9-6-14(21)10-16(18)19(17)23-15-7-4-13(5-8-15)12(2)24/h4-11H,3H2,1-2H3,(H,22,23). The van der Waals surface area contributed by atoms with Crippen molar-refractivity contribution in [2.45, 2.75) is 13.8 Å². The third-order valence-corrected chi connectivity index (χ3v) is 3.89. The second kappa shape index (κ2) is 7.31. The number of Topliss-reactive ketones (excluding diaryl/α,β-unsaturated/α-hetero) is 1. The van der Waals surface area contributed by atoms with Crippen molar-refractivity contribution < 1.29 is 18.7 Å². The molecule has 0 amide bonds. The van der Waals surface area contributed by atoms with E-state index in [0.717, 1.165) is 0 Å². The van der Waals surface area contributed by atoms with E-state index in [1.165, 1.54) is 25.3 Å². The van der Waals surface area contributed by atoms with Crippen LogP contribution in [0.25, 0.3) is 10.9 Å². The Morgan fingerprint density at radius 3 is 2.54 bits per heavy atom. The molecule has 2 aromatic carbocycles. The van der Waals surface area contributed by atoms with E-state index < -0.39 is 11.8 Å². The third-order valence-electron chi connectivity index (χ3n) is 3.89. The molecule has 0 saturated carbocycles. The molecule has 0 bridgehead atoms. The second-order valence-corrected chi connectivity index (χ2v) is 5.69. The van der Waals surface area contributed by atoms with Gasteiger partial charge in [0.05, 0.1) is 17.8 Å². The van der Waals surface area contributed by atoms with E-state index in [1.54, 1.807) is 37.3 Å². The molecule has 1 heterocycles. The van der Waals surface area contributed by atoms with Crippen molar-refractivity contribution in [1.82, 2.24) is 4.98 Å². The minimum absolute atomic E-state index is 0.0415. The molecule has 0 radical (unpaired) electrons. The van der Waals surface area contributed by atoms with E-state index in [9.17, 15) is 14.0 Å². The smallest absolute Gasteiger partial charge is 0.341 e. The van der Waals surface area contributed by atoms with E-state index in [2.05, 4.69) is 10.3 Å². The number of rotatable bonds is 5. The number of carbonyl (C=O) groups excluding carboxylic acids is 2. The van der Waals surface area contributed by atoms with Gasteiger partial charge in [0.2, 0.25) is 0 Å². The first-order valence-corrected chi connectivity index (χ1v) is 8.13. The zero-order chi connectivity index (χ0) is 18.7. The number of carbonyl (C=O) groups is 2. The zero-order valence-corrected chi connectivity index (χ0v) is 14.4. The highest BCUT2D eigenvalue weighted by molar-refractivity contribution is 6.06. The summed E-state index contributed by atoms with van der Waals surface area (Å²) in [5, 5.41) is 3.59. The maximum Gasteiger partial charge on any atom is 0.341 e. The maximum atomic E-state index is 13.8. The van der Waals surface area contributed by atoms with Crippen LogP contribution < -0.4 is 5.32 Å². The van der Waals surface area contributed by atoms with Gasteiger partial charge in [0.25, 0.3) is 0 Å². The Balaban J connectivity index is 2.11. The second-order valence-electron chi connectivity index (χ2n) is 5.69. The predicted octanol–water partition coefficient (Wildman–Crippen LogP) is 4.50. The van der Waals surface area contributed by atoms with Gasteiger partial charge in [0.15, 0.2) is 5.78 Å². The maximum absolute atomic E-state index is 13.8. The van der Waals surface area contributed by atoms with Gasteiger partial charge in [-0.05, 0) is 56.3 Å². The topological polar surface area (TPSA) is 68.3 Å². The molecule has 1 N–H and O–H groups in total. The third kappa shape index (κ3) is 3.54. The number of halogens is 1. The number of ether oxygens (including phenoxy) is 1. The number of anilines is 2. The highest BCUT2D eigenvalue weighted by Gasteiger charge is 2.17. The summed E-state index contributed by atoms with van der Waals surface area (Å²) in [6.07, 6.45) is 1.41. The van der Waals surface area contributed by atoms with Crippen LogP contribution in [0.5, 0.6) is 0 Å². The highest BCUT2D eigenvalue weighted by atomic mass is 19.1. The number of nitrogens with one attached hydrogen (secondary N) is 1. The van der Waals surface area contributed by atoms with Crippen LogP contribution in [0.4, 0.5) is 15.8 Å². The lowest BCUT2D eigenvalue weighted by molar-refractivity contribution is 0.0527. The lowest BCUT2D eigenvalue weighted by atomic mass is 10.1. The zero-order valence-electron chi connectivity index (χ0n) is 14.4. The SMILES string of the molecule is CCOC(=O)c1cnc2ccc(F)cc2c1Nc1ccc(C(C)=O)cc1. The first-order chi connectivity index (χ1) is 12.5. The van der Waals surface area contributed by atoms with Crippen LogP contribution >= 0.6 is 0 Å². The molecule has 0 aliphatic rings. The largest absolute Gasteiger partial charge is 0.462 e. The summed E-state index contributed by atoms with van der Waals surface area (Å²) in [5.41, 5.74) is 2.38. The van der Waals surface area contributed by atoms with Gasteiger partial charge in [-0.2, -0.15) is 0 Å². The molecular weight excluding hydrogens is 335 g/mol. The van der Waals surface area contributed by atoms with Crippen LogP contribution in [0.3, 0.4) is 0 Å². The summed E-state index contributed by atoms with van der Waals surface area (Å²) in [7, 11) is 0. The summed E-state index contributed by atoms with van der Waals surface area (Å²) >= 11 is 0. The molecule has 5 nitrogen and oxygen atoms in total. The van der Waals surface area contributed by atoms with Crippen LogP contribution in [-0.4, -0.2) is 23.3 Å². The van der Waals surface area contributed by atoms with E-state index in [0.29, 0.717) is 27.8 Å². The summed E-state index contributed by atoms with van der Waals surface area (Å²) in [6.45, 7) is 3.41. The Labute approximate surface area is 149 Å². The number of hydrogen-bond acceptors (Lipinski definition) is 5. The summed E-state index contributed by atoms with van der Waals surface area (Å²) in [6, 6.07) is 11.0. The van der Waals surface area contributed by atoms with E-state index in [-0.39, 0.29) is 18.0 Å². The first-order valence-electron chi connectivity index (χ1n) is 8.13. The van der Waals surface area contributed by atoms with Crippen molar-refractivity contribution in [2.24, 2.45) is 0 Å². The fourth-order valence-corrected chi connectivity index (χ4v) is 2.60. The minimum Gasteiger partial charge on any atom is -0.462 e. The first kappa shape index (κ1) is 17.5. The van der Waals surface area contributed by atoms with Crippen LogP contribution in [0, 0.1) is 5.82 Å². The van der Waals surface area contributed by atoms with E-state index >= 15 is 0 Å². The van der Waals surface area contributed by atoms with Gasteiger partial charge in [-0.1, -0.05) is 0 Å². The predicted molar refractivity (Wildman–Crippen MR) is 97.4 cm³/mol. The van der Waals surface area contributed by atoms with Crippen molar-refractivity contribution in [3.63, 3.8) is 0 Å². The number of pyridine rings is 1. The van der Waals surface area contributed by atoms with Crippen LogP contribution in [0.15, 0.2) is 48.7 Å². The summed E-state index contributed by atoms with van der Waals surface area (Å²) in [4.78, 5) is 27.9. The van der Waals surface area contributed by atoms with Gasteiger partial charge in [0, 0.05) is 22.8 Å². The van der Waals surface area contributed by atoms with Gasteiger partial charge in [-0.3, -0.25) is 9.78 Å². The number of hydrogen-bond donors (Lipinski definition) is 1. The Hall–Kier alpha value is -3.28. The van der Waals surface area contributed by atoms with E-state index in [4.69, 9.17) is 4.74 Å². The fraction of sp³-hybridized carbons (Fsp3) is 0.150. The minimum atomic E-state index is -0.547. The molecule has 0 spiro atoms. The van der Waals surface area contributed by atoms with Crippen molar-refractivity contribution in [1.29, 1.82) is 0 Å². The Morgan fingerprint density at radius 2 is 1.88 bits per heavy atom. The van der Waals surface area contributed by atoms with Gasteiger partial charge in [-0.15, -0.1) is 0 Å². The van der Waals surface area contributed by atoms with Crippen LogP contribution in [-0.2, 0) is 4.74 Å². The molecule has 26 heavy (non-hydrogen) atoms. The number of aromatic nitrogens is 1. The fourth-order valence-electron chi connectivity index (χ4n) is 2.60. The molecule has 0 atom stereocenters. The van der Waals surface area contributed by atoms with Crippen LogP contribution in [0.2, 0.25) is 0 Å². The van der Waals surface area contributed by atoms with Gasteiger partial charge < -0.3 is 10.1 Å². The van der Waals surface area contributed by atoms with Crippen molar-refractivity contribution in [3.8, 4) is 0 Å². The quantitative estimate of drug-likeness (QED) is 0.541. The number of esters is 1. The molecule has 0 unspecified atom stereocenters. The molecule has 0 saturated heterocycles. The Bertz CT molecular complexity index is 984. The molecular formula is C20H17FN2O3. The number of fused-ring (bicyclic) bond motifs is 1.